The van der Waals surface area contributed by atoms with Gasteiger partial charge >= 0.3 is 0 Å². The minimum absolute atomic E-state index is 0.0255. The molecule has 316 valence electrons. The van der Waals surface area contributed by atoms with Gasteiger partial charge in [-0.15, -0.1) is 11.3 Å². The van der Waals surface area contributed by atoms with E-state index < -0.39 is 41.2 Å². The van der Waals surface area contributed by atoms with Crippen molar-refractivity contribution >= 4 is 73.7 Å². The van der Waals surface area contributed by atoms with Crippen LogP contribution in [0.15, 0.2) is 175 Å². The van der Waals surface area contributed by atoms with Gasteiger partial charge in [0.25, 0.3) is 11.8 Å². The van der Waals surface area contributed by atoms with Gasteiger partial charge in [-0.05, 0) is 95.4 Å². The fourth-order valence-electron chi connectivity index (χ4n) is 6.03. The fourth-order valence-corrected chi connectivity index (χ4v) is 10.6. The number of benzene rings is 4. The van der Waals surface area contributed by atoms with E-state index in [1.165, 1.54) is 91.2 Å². The minimum atomic E-state index is -3.96. The molecule has 0 fully saturated rings. The Kier molecular flexibility index (Phi) is 12.7. The Morgan fingerprint density at radius 2 is 1.23 bits per heavy atom. The van der Waals surface area contributed by atoms with Crippen LogP contribution in [0.4, 0.5) is 4.39 Å². The number of fused-ring (bicyclic) bond motifs is 2. The number of sulfone groups is 3. The summed E-state index contributed by atoms with van der Waals surface area (Å²) in [4.78, 5) is 32.8. The summed E-state index contributed by atoms with van der Waals surface area (Å²) in [6, 6.07) is 29.6. The maximum absolute atomic E-state index is 13.9. The number of halogens is 1. The molecule has 0 aliphatic rings. The number of nitrogens with one attached hydrogen (secondary N) is 2. The van der Waals surface area contributed by atoms with E-state index in [1.54, 1.807) is 61.1 Å². The molecule has 8 aromatic rings. The molecule has 0 bridgehead atoms. The van der Waals surface area contributed by atoms with Crippen LogP contribution < -0.4 is 10.6 Å². The van der Waals surface area contributed by atoms with Crippen LogP contribution in [0.3, 0.4) is 0 Å². The molecule has 4 aromatic carbocycles. The van der Waals surface area contributed by atoms with Crippen molar-refractivity contribution < 1.29 is 43.7 Å². The van der Waals surface area contributed by atoms with Crippen molar-refractivity contribution in [1.29, 1.82) is 0 Å². The van der Waals surface area contributed by atoms with Crippen LogP contribution in [-0.4, -0.2) is 52.8 Å². The van der Waals surface area contributed by atoms with Crippen molar-refractivity contribution in [1.82, 2.24) is 20.6 Å². The predicted molar refractivity (Wildman–Crippen MR) is 230 cm³/mol. The molecular weight excluding hydrogens is 876 g/mol. The molecule has 0 atom stereocenters. The highest BCUT2D eigenvalue weighted by Crippen LogP contribution is 2.27. The van der Waals surface area contributed by atoms with Gasteiger partial charge in [-0.1, -0.05) is 49.4 Å². The summed E-state index contributed by atoms with van der Waals surface area (Å²) >= 11 is 1.35. The molecular formula is C44H35FN4O9S4. The number of hydrogen-bond acceptors (Lipinski definition) is 12. The maximum atomic E-state index is 13.9. The molecule has 0 aliphatic heterocycles. The highest BCUT2D eigenvalue weighted by Gasteiger charge is 2.23. The number of thiophene rings is 1. The summed E-state index contributed by atoms with van der Waals surface area (Å²) in [5, 5.41) is 7.26. The maximum Gasteiger partial charge on any atom is 0.287 e. The number of hydrogen-bond donors (Lipinski definition) is 2. The third-order valence-corrected chi connectivity index (χ3v) is 15.8. The van der Waals surface area contributed by atoms with E-state index in [9.17, 15) is 39.2 Å². The lowest BCUT2D eigenvalue weighted by Crippen LogP contribution is -2.22. The van der Waals surface area contributed by atoms with Crippen LogP contribution in [0.5, 0.6) is 0 Å². The zero-order chi connectivity index (χ0) is 44.1. The highest BCUT2D eigenvalue weighted by molar-refractivity contribution is 7.92. The summed E-state index contributed by atoms with van der Waals surface area (Å²) < 4.78 is 95.6. The molecule has 18 heteroatoms. The van der Waals surface area contributed by atoms with E-state index in [0.717, 1.165) is 27.1 Å². The Labute approximate surface area is 360 Å². The number of nitrogens with zero attached hydrogens (tertiary/aromatic N) is 2. The van der Waals surface area contributed by atoms with E-state index in [-0.39, 0.29) is 55.0 Å². The van der Waals surface area contributed by atoms with Gasteiger partial charge in [-0.3, -0.25) is 19.6 Å². The van der Waals surface area contributed by atoms with Crippen LogP contribution >= 0.6 is 11.3 Å². The zero-order valence-corrected chi connectivity index (χ0v) is 35.8. The average Bonchev–Trinajstić information content (AvgIpc) is 3.94. The summed E-state index contributed by atoms with van der Waals surface area (Å²) in [7, 11) is -11.4. The first-order valence-electron chi connectivity index (χ1n) is 18.6. The molecule has 4 heterocycles. The normalized spacial score (nSPS) is 11.8. The second-order valence-corrected chi connectivity index (χ2v) is 20.7. The van der Waals surface area contributed by atoms with Gasteiger partial charge in [-0.25, -0.2) is 29.6 Å². The third-order valence-electron chi connectivity index (χ3n) is 9.45. The van der Waals surface area contributed by atoms with Crippen molar-refractivity contribution in [2.45, 2.75) is 44.5 Å². The number of pyridine rings is 2. The lowest BCUT2D eigenvalue weighted by Gasteiger charge is -2.09. The first-order chi connectivity index (χ1) is 29.7. The predicted octanol–water partition coefficient (Wildman–Crippen LogP) is 7.58. The van der Waals surface area contributed by atoms with E-state index in [2.05, 4.69) is 20.6 Å². The quantitative estimate of drug-likeness (QED) is 0.122. The molecule has 2 N–H and O–H groups in total. The Morgan fingerprint density at radius 1 is 0.629 bits per heavy atom. The minimum Gasteiger partial charge on any atom is -0.449 e. The van der Waals surface area contributed by atoms with Crippen LogP contribution in [0, 0.1) is 5.82 Å². The fraction of sp³-hybridized carbons (Fsp3) is 0.0909. The topological polar surface area (TPSA) is 200 Å². The van der Waals surface area contributed by atoms with Crippen molar-refractivity contribution in [2.24, 2.45) is 0 Å². The van der Waals surface area contributed by atoms with Crippen LogP contribution in [-0.2, 0) is 42.6 Å². The summed E-state index contributed by atoms with van der Waals surface area (Å²) in [6.45, 7) is 1.91. The van der Waals surface area contributed by atoms with Gasteiger partial charge < -0.3 is 15.1 Å². The number of amides is 2. The van der Waals surface area contributed by atoms with Crippen molar-refractivity contribution in [2.75, 3.05) is 5.75 Å². The molecule has 0 aliphatic carbocycles. The van der Waals surface area contributed by atoms with Crippen molar-refractivity contribution in [3.8, 4) is 0 Å². The van der Waals surface area contributed by atoms with Crippen molar-refractivity contribution in [3.63, 3.8) is 0 Å². The number of furan rings is 1. The Hall–Kier alpha value is -6.60. The van der Waals surface area contributed by atoms with Gasteiger partial charge in [0, 0.05) is 37.1 Å². The molecule has 0 saturated carbocycles. The number of aromatic nitrogens is 2. The van der Waals surface area contributed by atoms with E-state index in [4.69, 9.17) is 4.42 Å². The molecule has 0 saturated heterocycles. The molecule has 0 radical (unpaired) electrons. The second kappa shape index (κ2) is 18.2. The molecule has 2 amide bonds. The van der Waals surface area contributed by atoms with Gasteiger partial charge in [0.15, 0.2) is 21.2 Å². The monoisotopic (exact) mass is 910 g/mol. The van der Waals surface area contributed by atoms with Gasteiger partial charge in [-0.2, -0.15) is 0 Å². The molecule has 13 nitrogen and oxygen atoms in total. The summed E-state index contributed by atoms with van der Waals surface area (Å²) in [5.41, 5.74) is 1.93. The number of carbonyl (C=O) groups is 2. The van der Waals surface area contributed by atoms with Gasteiger partial charge in [0.1, 0.15) is 10.7 Å². The smallest absolute Gasteiger partial charge is 0.287 e. The molecule has 8 rings (SSSR count). The molecule has 0 unspecified atom stereocenters. The van der Waals surface area contributed by atoms with Crippen LogP contribution in [0.1, 0.15) is 38.3 Å². The van der Waals surface area contributed by atoms with E-state index >= 15 is 0 Å². The van der Waals surface area contributed by atoms with Crippen LogP contribution in [0.2, 0.25) is 0 Å². The summed E-state index contributed by atoms with van der Waals surface area (Å²) in [6.07, 6.45) is 6.52. The Bertz CT molecular complexity index is 3210. The molecule has 62 heavy (non-hydrogen) atoms. The Morgan fingerprint density at radius 3 is 1.85 bits per heavy atom. The first-order valence-corrected chi connectivity index (χ1v) is 24.1. The van der Waals surface area contributed by atoms with E-state index in [0.29, 0.717) is 16.0 Å². The second-order valence-electron chi connectivity index (χ2n) is 13.5. The Balaban J connectivity index is 0.000000188. The standard InChI is InChI=1S/C23H20N2O5S3.C21H15FN2O4S/c1-2-32(27,28)19-4-3-5-20(13-19)33(29,30)18-8-6-16(7-9-18)14-25-23(26)21-12-17-10-11-24-15-22(17)31-21;22-17-3-1-2-4-20(17)29(26,27)16-7-5-14(6-8-16)12-24-21(25)18-11-15-9-10-23-13-19(15)28-18/h3-13,15H,2,14H2,1H3,(H,25,26);1-11,13H,12H2,(H,24,25). The highest BCUT2D eigenvalue weighted by atomic mass is 32.2. The first kappa shape index (κ1) is 43.5. The van der Waals surface area contributed by atoms with Crippen LogP contribution in [0.25, 0.3) is 21.1 Å². The van der Waals surface area contributed by atoms with Crippen molar-refractivity contribution in [3.05, 3.63) is 174 Å². The van der Waals surface area contributed by atoms with E-state index in [1.807, 2.05) is 6.07 Å². The molecule has 4 aromatic heterocycles. The molecule has 0 spiro atoms. The SMILES string of the molecule is CCS(=O)(=O)c1cccc(S(=O)(=O)c2ccc(CNC(=O)c3cc4ccncc4s3)cc2)c1.O=C(NCc1ccc(S(=O)(=O)c2ccccc2F)cc1)c1cc2ccncc2o1. The lowest BCUT2D eigenvalue weighted by molar-refractivity contribution is 0.0923. The summed E-state index contributed by atoms with van der Waals surface area (Å²) in [5.74, 6) is -1.38. The third kappa shape index (κ3) is 9.63. The lowest BCUT2D eigenvalue weighted by atomic mass is 10.2. The largest absolute Gasteiger partial charge is 0.449 e. The average molecular weight is 911 g/mol. The van der Waals surface area contributed by atoms with Gasteiger partial charge in [0.05, 0.1) is 41.1 Å². The number of rotatable bonds is 12. The number of carbonyl (C=O) groups excluding carboxylic acids is 2. The zero-order valence-electron chi connectivity index (χ0n) is 32.6. The van der Waals surface area contributed by atoms with Gasteiger partial charge in [0.2, 0.25) is 19.7 Å².